The van der Waals surface area contributed by atoms with Crippen LogP contribution in [0.5, 0.6) is 0 Å². The summed E-state index contributed by atoms with van der Waals surface area (Å²) >= 11 is 2.00. The van der Waals surface area contributed by atoms with E-state index in [0.717, 1.165) is 13.1 Å². The van der Waals surface area contributed by atoms with Crippen molar-refractivity contribution in [3.05, 3.63) is 35.9 Å². The van der Waals surface area contributed by atoms with Gasteiger partial charge in [-0.05, 0) is 30.2 Å². The van der Waals surface area contributed by atoms with Crippen LogP contribution in [0.2, 0.25) is 0 Å². The molecule has 3 N–H and O–H groups in total. The Kier molecular flexibility index (Phi) is 5.04. The van der Waals surface area contributed by atoms with Gasteiger partial charge in [-0.25, -0.2) is 0 Å². The first-order chi connectivity index (χ1) is 13.7. The highest BCUT2D eigenvalue weighted by Gasteiger charge is 2.58. The second-order valence-corrected chi connectivity index (χ2v) is 10.6. The maximum Gasteiger partial charge on any atom is 0.176 e. The summed E-state index contributed by atoms with van der Waals surface area (Å²) in [6, 6.07) is 11.5. The predicted molar refractivity (Wildman–Crippen MR) is 111 cm³/mol. The molecule has 0 radical (unpaired) electrons. The molecule has 6 heteroatoms. The number of nitrogens with one attached hydrogen (secondary N) is 2. The van der Waals surface area contributed by atoms with Crippen molar-refractivity contribution >= 4 is 11.8 Å². The summed E-state index contributed by atoms with van der Waals surface area (Å²) < 4.78 is 0.192. The van der Waals surface area contributed by atoms with Gasteiger partial charge in [0.1, 0.15) is 6.23 Å². The number of aliphatic hydroxyl groups excluding tert-OH is 1. The van der Waals surface area contributed by atoms with Crippen LogP contribution in [-0.2, 0) is 0 Å². The third-order valence-electron chi connectivity index (χ3n) is 7.40. The summed E-state index contributed by atoms with van der Waals surface area (Å²) in [5.74, 6) is 1.05. The van der Waals surface area contributed by atoms with Gasteiger partial charge in [0, 0.05) is 29.9 Å². The summed E-state index contributed by atoms with van der Waals surface area (Å²) in [7, 11) is 0. The van der Waals surface area contributed by atoms with E-state index >= 15 is 0 Å². The number of thioether (sulfide) groups is 1. The monoisotopic (exact) mass is 398 g/mol. The molecule has 0 aromatic heterocycles. The van der Waals surface area contributed by atoms with Crippen LogP contribution in [0.3, 0.4) is 0 Å². The molecular weight excluding hydrogens is 368 g/mol. The molecule has 1 aromatic carbocycles. The van der Waals surface area contributed by atoms with Crippen molar-refractivity contribution in [3.8, 4) is 6.19 Å². The minimum Gasteiger partial charge on any atom is -0.376 e. The minimum absolute atomic E-state index is 0.0446. The number of hydrogen-bond donors (Lipinski definition) is 3. The topological polar surface area (TPSA) is 71.3 Å². The molecule has 1 aromatic rings. The Morgan fingerprint density at radius 2 is 1.82 bits per heavy atom. The fourth-order valence-corrected chi connectivity index (χ4v) is 7.72. The van der Waals surface area contributed by atoms with Crippen LogP contribution in [0.1, 0.15) is 50.1 Å². The number of nitriles is 1. The Balaban J connectivity index is 1.32. The van der Waals surface area contributed by atoms with E-state index in [0.29, 0.717) is 23.9 Å². The van der Waals surface area contributed by atoms with Crippen molar-refractivity contribution in [3.63, 3.8) is 0 Å². The Bertz CT molecular complexity index is 718. The lowest BCUT2D eigenvalue weighted by Crippen LogP contribution is -2.47. The molecule has 5 rings (SSSR count). The zero-order valence-corrected chi connectivity index (χ0v) is 17.1. The van der Waals surface area contributed by atoms with Gasteiger partial charge in [0.05, 0.1) is 5.37 Å². The second kappa shape index (κ2) is 7.53. The van der Waals surface area contributed by atoms with E-state index in [1.807, 2.05) is 11.8 Å². The fraction of sp³-hybridized carbons (Fsp3) is 0.682. The minimum atomic E-state index is -0.464. The van der Waals surface area contributed by atoms with Gasteiger partial charge in [-0.2, -0.15) is 5.26 Å². The quantitative estimate of drug-likeness (QED) is 0.535. The number of benzene rings is 1. The van der Waals surface area contributed by atoms with Crippen LogP contribution < -0.4 is 10.6 Å². The molecule has 2 aliphatic heterocycles. The fourth-order valence-electron chi connectivity index (χ4n) is 5.85. The third-order valence-corrected chi connectivity index (χ3v) is 9.15. The SMILES string of the molecule is N#CNC1[C@H]2CN(C(O)C3NC(c4ccccc4)C4(CCCCCC4)S3)C[C@@H]12. The number of nitrogens with zero attached hydrogens (tertiary/aromatic N) is 2. The van der Waals surface area contributed by atoms with Crippen LogP contribution in [0.15, 0.2) is 30.3 Å². The zero-order chi connectivity index (χ0) is 19.1. The third kappa shape index (κ3) is 3.23. The Labute approximate surface area is 171 Å². The standard InChI is InChI=1S/C22H30N4OS/c23-14-24-18-16-12-26(13-17(16)18)21(27)20-25-19(15-8-4-3-5-9-15)22(28-20)10-6-1-2-7-11-22/h3-5,8-9,16-21,24-25,27H,1-2,6-7,10-13H2/t16-,17+,18?,19?,20?,21?. The molecule has 5 nitrogen and oxygen atoms in total. The molecule has 4 fully saturated rings. The largest absolute Gasteiger partial charge is 0.376 e. The average Bonchev–Trinajstić information content (AvgIpc) is 3.06. The summed E-state index contributed by atoms with van der Waals surface area (Å²) in [5.41, 5.74) is 1.36. The highest BCUT2D eigenvalue weighted by Crippen LogP contribution is 2.55. The molecule has 0 bridgehead atoms. The van der Waals surface area contributed by atoms with Gasteiger partial charge < -0.3 is 10.4 Å². The molecule has 2 heterocycles. The normalized spacial score (nSPS) is 37.8. The van der Waals surface area contributed by atoms with Crippen LogP contribution in [0.25, 0.3) is 0 Å². The Hall–Kier alpha value is -1.26. The van der Waals surface area contributed by atoms with E-state index in [-0.39, 0.29) is 10.1 Å². The van der Waals surface area contributed by atoms with Crippen molar-refractivity contribution in [2.75, 3.05) is 13.1 Å². The zero-order valence-electron chi connectivity index (χ0n) is 16.3. The van der Waals surface area contributed by atoms with Crippen LogP contribution in [0.4, 0.5) is 0 Å². The Morgan fingerprint density at radius 3 is 2.46 bits per heavy atom. The molecule has 4 aliphatic rings. The van der Waals surface area contributed by atoms with E-state index < -0.39 is 6.23 Å². The number of hydrogen-bond acceptors (Lipinski definition) is 6. The first-order valence-electron chi connectivity index (χ1n) is 10.8. The maximum atomic E-state index is 11.2. The number of fused-ring (bicyclic) bond motifs is 1. The maximum absolute atomic E-state index is 11.2. The first kappa shape index (κ1) is 18.7. The number of aliphatic hydroxyl groups is 1. The summed E-state index contributed by atoms with van der Waals surface area (Å²) in [6.45, 7) is 1.79. The van der Waals surface area contributed by atoms with Crippen LogP contribution in [0, 0.1) is 23.3 Å². The number of rotatable bonds is 4. The molecule has 150 valence electrons. The van der Waals surface area contributed by atoms with Crippen molar-refractivity contribution in [2.45, 2.75) is 67.0 Å². The lowest BCUT2D eigenvalue weighted by molar-refractivity contribution is 0.00316. The van der Waals surface area contributed by atoms with E-state index in [1.165, 1.54) is 44.1 Å². The van der Waals surface area contributed by atoms with Crippen LogP contribution >= 0.6 is 11.8 Å². The lowest BCUT2D eigenvalue weighted by Gasteiger charge is -2.33. The average molecular weight is 399 g/mol. The van der Waals surface area contributed by atoms with Crippen molar-refractivity contribution in [2.24, 2.45) is 11.8 Å². The first-order valence-corrected chi connectivity index (χ1v) is 11.7. The number of likely N-dealkylation sites (tertiary alicyclic amines) is 1. The van der Waals surface area contributed by atoms with Crippen molar-refractivity contribution in [1.82, 2.24) is 15.5 Å². The van der Waals surface area contributed by atoms with Gasteiger partial charge in [-0.15, -0.1) is 11.8 Å². The van der Waals surface area contributed by atoms with E-state index in [1.54, 1.807) is 0 Å². The molecule has 28 heavy (non-hydrogen) atoms. The summed E-state index contributed by atoms with van der Waals surface area (Å²) in [5, 5.41) is 26.8. The van der Waals surface area contributed by atoms with Gasteiger partial charge in [-0.1, -0.05) is 56.0 Å². The molecule has 2 saturated carbocycles. The van der Waals surface area contributed by atoms with E-state index in [2.05, 4.69) is 52.1 Å². The highest BCUT2D eigenvalue weighted by molar-refractivity contribution is 8.01. The molecule has 6 atom stereocenters. The Morgan fingerprint density at radius 1 is 1.14 bits per heavy atom. The predicted octanol–water partition coefficient (Wildman–Crippen LogP) is 2.80. The van der Waals surface area contributed by atoms with Gasteiger partial charge >= 0.3 is 0 Å². The van der Waals surface area contributed by atoms with E-state index in [4.69, 9.17) is 5.26 Å². The summed E-state index contributed by atoms with van der Waals surface area (Å²) in [4.78, 5) is 2.23. The van der Waals surface area contributed by atoms with Gasteiger partial charge in [0.15, 0.2) is 6.19 Å². The molecular formula is C22H30N4OS. The second-order valence-electron chi connectivity index (χ2n) is 9.00. The van der Waals surface area contributed by atoms with Gasteiger partial charge in [0.25, 0.3) is 0 Å². The highest BCUT2D eigenvalue weighted by atomic mass is 32.2. The van der Waals surface area contributed by atoms with Gasteiger partial charge in [-0.3, -0.25) is 10.2 Å². The van der Waals surface area contributed by atoms with Gasteiger partial charge in [0.2, 0.25) is 0 Å². The molecule has 2 aliphatic carbocycles. The van der Waals surface area contributed by atoms with Crippen LogP contribution in [-0.4, -0.2) is 45.5 Å². The lowest BCUT2D eigenvalue weighted by atomic mass is 9.86. The molecule has 0 amide bonds. The molecule has 4 unspecified atom stereocenters. The van der Waals surface area contributed by atoms with Crippen molar-refractivity contribution in [1.29, 1.82) is 5.26 Å². The van der Waals surface area contributed by atoms with Crippen molar-refractivity contribution < 1.29 is 5.11 Å². The molecule has 1 spiro atoms. The number of piperidine rings is 1. The summed E-state index contributed by atoms with van der Waals surface area (Å²) in [6.07, 6.45) is 9.32. The molecule has 2 saturated heterocycles. The smallest absolute Gasteiger partial charge is 0.176 e. The van der Waals surface area contributed by atoms with E-state index in [9.17, 15) is 5.11 Å².